The van der Waals surface area contributed by atoms with Crippen molar-refractivity contribution in [1.29, 1.82) is 0 Å². The van der Waals surface area contributed by atoms with Gasteiger partial charge in [-0.3, -0.25) is 4.79 Å². The van der Waals surface area contributed by atoms with E-state index < -0.39 is 17.8 Å². The maximum Gasteiger partial charge on any atom is 0.336 e. The Hall–Kier alpha value is -2.79. The molecule has 0 aliphatic carbocycles. The van der Waals surface area contributed by atoms with Gasteiger partial charge in [0.2, 0.25) is 0 Å². The van der Waals surface area contributed by atoms with Crippen molar-refractivity contribution in [3.05, 3.63) is 81.7 Å². The molecule has 0 bridgehead atoms. The van der Waals surface area contributed by atoms with Crippen molar-refractivity contribution >= 4 is 64.4 Å². The smallest absolute Gasteiger partial charge is 0.336 e. The fourth-order valence-corrected chi connectivity index (χ4v) is 3.49. The molecule has 0 unspecified atom stereocenters. The summed E-state index contributed by atoms with van der Waals surface area (Å²) in [6, 6.07) is 16.9. The van der Waals surface area contributed by atoms with E-state index in [4.69, 9.17) is 4.74 Å². The van der Waals surface area contributed by atoms with Crippen molar-refractivity contribution in [2.45, 2.75) is 0 Å². The van der Waals surface area contributed by atoms with Gasteiger partial charge in [0.05, 0.1) is 21.9 Å². The average Bonchev–Trinajstić information content (AvgIpc) is 2.74. The number of urea groups is 1. The van der Waals surface area contributed by atoms with Crippen LogP contribution in [0.3, 0.4) is 0 Å². The Balaban J connectivity index is 1.65. The summed E-state index contributed by atoms with van der Waals surface area (Å²) in [6.45, 7) is 0. The molecule has 0 saturated carbocycles. The zero-order chi connectivity index (χ0) is 21.7. The largest absolute Gasteiger partial charge is 0.496 e. The van der Waals surface area contributed by atoms with E-state index in [1.54, 1.807) is 55.6 Å². The van der Waals surface area contributed by atoms with Crippen molar-refractivity contribution in [2.24, 2.45) is 0 Å². The van der Waals surface area contributed by atoms with Gasteiger partial charge in [0, 0.05) is 11.4 Å². The summed E-state index contributed by atoms with van der Waals surface area (Å²) in [6.07, 6.45) is 0. The molecule has 0 fully saturated rings. The van der Waals surface area contributed by atoms with E-state index in [-0.39, 0.29) is 5.56 Å². The molecular weight excluding hydrogens is 520 g/mol. The predicted molar refractivity (Wildman–Crippen MR) is 127 cm³/mol. The average molecular weight is 537 g/mol. The van der Waals surface area contributed by atoms with E-state index in [1.807, 2.05) is 0 Å². The number of rotatable bonds is 5. The molecule has 0 spiro atoms. The van der Waals surface area contributed by atoms with E-state index in [9.17, 15) is 14.0 Å². The number of anilines is 3. The first-order chi connectivity index (χ1) is 14.4. The minimum absolute atomic E-state index is 0.0501. The molecule has 0 aliphatic heterocycles. The van der Waals surface area contributed by atoms with E-state index in [2.05, 4.69) is 46.0 Å². The van der Waals surface area contributed by atoms with Gasteiger partial charge in [0.15, 0.2) is 0 Å². The summed E-state index contributed by atoms with van der Waals surface area (Å²) in [4.78, 5) is 24.6. The zero-order valence-electron chi connectivity index (χ0n) is 15.7. The first-order valence-electron chi connectivity index (χ1n) is 8.68. The van der Waals surface area contributed by atoms with Gasteiger partial charge < -0.3 is 15.4 Å². The van der Waals surface area contributed by atoms with E-state index in [0.717, 1.165) is 7.88 Å². The quantitative estimate of drug-likeness (QED) is 0.294. The Morgan fingerprint density at radius 1 is 1.00 bits per heavy atom. The lowest BCUT2D eigenvalue weighted by atomic mass is 10.2. The molecule has 0 radical (unpaired) electrons. The van der Waals surface area contributed by atoms with Crippen LogP contribution in [0, 0.1) is 9.39 Å². The summed E-state index contributed by atoms with van der Waals surface area (Å²) in [5.41, 5.74) is 1.49. The zero-order valence-corrected chi connectivity index (χ0v) is 18.8. The van der Waals surface area contributed by atoms with Crippen LogP contribution in [-0.2, 0) is 0 Å². The molecule has 3 rings (SSSR count). The third-order valence-corrected chi connectivity index (χ3v) is 5.34. The van der Waals surface area contributed by atoms with Crippen molar-refractivity contribution in [2.75, 3.05) is 22.0 Å². The van der Waals surface area contributed by atoms with Crippen molar-refractivity contribution in [3.63, 3.8) is 0 Å². The molecule has 6 nitrogen and oxygen atoms in total. The highest BCUT2D eigenvalue weighted by atomic mass is 127. The number of hydrogen-bond donors (Lipinski definition) is 3. The van der Waals surface area contributed by atoms with Crippen LogP contribution in [0.1, 0.15) is 10.4 Å². The molecule has 0 aliphatic rings. The van der Waals surface area contributed by atoms with Crippen molar-refractivity contribution in [1.82, 2.24) is 0 Å². The van der Waals surface area contributed by atoms with Crippen LogP contribution in [0.4, 0.5) is 26.2 Å². The molecule has 0 atom stereocenters. The first-order valence-corrected chi connectivity index (χ1v) is 10.2. The third-order valence-electron chi connectivity index (χ3n) is 4.08. The van der Waals surface area contributed by atoms with Crippen LogP contribution in [0.5, 0.6) is 5.75 Å². The third kappa shape index (κ3) is 5.22. The monoisotopic (exact) mass is 537 g/mol. The van der Waals surface area contributed by atoms with Gasteiger partial charge in [0.25, 0.3) is 5.91 Å². The van der Waals surface area contributed by atoms with E-state index in [0.29, 0.717) is 22.8 Å². The van der Waals surface area contributed by atoms with Gasteiger partial charge in [-0.05, 0) is 77.2 Å². The summed E-state index contributed by atoms with van der Waals surface area (Å²) in [5, 5.41) is 5.36. The van der Waals surface area contributed by atoms with Crippen LogP contribution in [0.15, 0.2) is 66.7 Å². The van der Waals surface area contributed by atoms with E-state index in [1.165, 1.54) is 18.2 Å². The second-order valence-electron chi connectivity index (χ2n) is 6.07. The standard InChI is InChI=1S/C21H17FIN3O3S/c1-29-19-11-8-14(12-18(19)23)25-21(28)26(30)15-9-6-13(7-10-15)24-20(27)16-4-2-3-5-17(16)22/h2-12,30H,1H3,(H,24,27)(H,25,28). The second-order valence-corrected chi connectivity index (χ2v) is 7.63. The predicted octanol–water partition coefficient (Wildman–Crippen LogP) is 5.57. The lowest BCUT2D eigenvalue weighted by Gasteiger charge is -2.17. The molecule has 154 valence electrons. The molecule has 3 aromatic carbocycles. The molecule has 9 heteroatoms. The molecule has 3 amide bonds. The summed E-state index contributed by atoms with van der Waals surface area (Å²) >= 11 is 6.36. The number of nitrogens with zero attached hydrogens (tertiary/aromatic N) is 1. The van der Waals surface area contributed by atoms with Gasteiger partial charge in [-0.2, -0.15) is 0 Å². The van der Waals surface area contributed by atoms with Crippen LogP contribution in [0.25, 0.3) is 0 Å². The van der Waals surface area contributed by atoms with Gasteiger partial charge in [-0.15, -0.1) is 0 Å². The van der Waals surface area contributed by atoms with Gasteiger partial charge in [-0.25, -0.2) is 13.5 Å². The van der Waals surface area contributed by atoms with Gasteiger partial charge >= 0.3 is 6.03 Å². The van der Waals surface area contributed by atoms with Gasteiger partial charge in [0.1, 0.15) is 11.6 Å². The summed E-state index contributed by atoms with van der Waals surface area (Å²) < 4.78 is 20.9. The number of ether oxygens (including phenoxy) is 1. The number of nitrogens with one attached hydrogen (secondary N) is 2. The molecule has 0 heterocycles. The fraction of sp³-hybridized carbons (Fsp3) is 0.0476. The molecule has 30 heavy (non-hydrogen) atoms. The molecule has 3 aromatic rings. The Bertz CT molecular complexity index is 1080. The second kappa shape index (κ2) is 9.81. The van der Waals surface area contributed by atoms with Crippen LogP contribution < -0.4 is 19.7 Å². The highest BCUT2D eigenvalue weighted by molar-refractivity contribution is 14.1. The number of hydrogen-bond acceptors (Lipinski definition) is 4. The first kappa shape index (κ1) is 21.9. The number of carbonyl (C=O) groups excluding carboxylic acids is 2. The van der Waals surface area contributed by atoms with Crippen LogP contribution in [0.2, 0.25) is 0 Å². The topological polar surface area (TPSA) is 70.7 Å². The number of methoxy groups -OCH3 is 1. The molecular formula is C21H17FIN3O3S. The Morgan fingerprint density at radius 2 is 1.67 bits per heavy atom. The highest BCUT2D eigenvalue weighted by Gasteiger charge is 2.14. The normalized spacial score (nSPS) is 10.3. The Morgan fingerprint density at radius 3 is 2.30 bits per heavy atom. The Kier molecular flexibility index (Phi) is 7.16. The van der Waals surface area contributed by atoms with Crippen LogP contribution >= 0.6 is 35.4 Å². The number of amides is 3. The lowest BCUT2D eigenvalue weighted by Crippen LogP contribution is -2.26. The minimum Gasteiger partial charge on any atom is -0.496 e. The Labute approximate surface area is 192 Å². The maximum atomic E-state index is 13.7. The fourth-order valence-electron chi connectivity index (χ4n) is 2.57. The summed E-state index contributed by atoms with van der Waals surface area (Å²) in [7, 11) is 1.58. The number of halogens is 2. The minimum atomic E-state index is -0.599. The van der Waals surface area contributed by atoms with E-state index >= 15 is 0 Å². The maximum absolute atomic E-state index is 13.7. The van der Waals surface area contributed by atoms with Crippen molar-refractivity contribution < 1.29 is 18.7 Å². The SMILES string of the molecule is COc1ccc(NC(=O)N(S)c2ccc(NC(=O)c3ccccc3F)cc2)cc1I. The number of thiol groups is 1. The number of benzene rings is 3. The molecule has 0 saturated heterocycles. The number of carbonyl (C=O) groups is 2. The van der Waals surface area contributed by atoms with Gasteiger partial charge in [-0.1, -0.05) is 24.9 Å². The lowest BCUT2D eigenvalue weighted by molar-refractivity contribution is 0.102. The summed E-state index contributed by atoms with van der Waals surface area (Å²) in [5.74, 6) is -0.446. The highest BCUT2D eigenvalue weighted by Crippen LogP contribution is 2.25. The van der Waals surface area contributed by atoms with Crippen molar-refractivity contribution in [3.8, 4) is 5.75 Å². The molecule has 0 aromatic heterocycles. The van der Waals surface area contributed by atoms with Crippen LogP contribution in [-0.4, -0.2) is 19.0 Å². The molecule has 2 N–H and O–H groups in total.